The maximum atomic E-state index is 12.4. The Labute approximate surface area is 159 Å². The van der Waals surface area contributed by atoms with Crippen LogP contribution >= 0.6 is 11.8 Å². The summed E-state index contributed by atoms with van der Waals surface area (Å²) in [7, 11) is 0. The van der Waals surface area contributed by atoms with E-state index in [9.17, 15) is 13.2 Å². The molecule has 1 aliphatic heterocycles. The Morgan fingerprint density at radius 1 is 1.12 bits per heavy atom. The molecule has 0 unspecified atom stereocenters. The molecule has 2 rings (SSSR count). The zero-order valence-electron chi connectivity index (χ0n) is 15.5. The first kappa shape index (κ1) is 21.6. The zero-order valence-corrected chi connectivity index (χ0v) is 16.3. The Morgan fingerprint density at radius 3 is 2.58 bits per heavy atom. The molecule has 0 atom stereocenters. The van der Waals surface area contributed by atoms with Crippen LogP contribution in [0.25, 0.3) is 0 Å². The van der Waals surface area contributed by atoms with Crippen LogP contribution in [0.5, 0.6) is 0 Å². The van der Waals surface area contributed by atoms with Crippen molar-refractivity contribution in [1.82, 2.24) is 4.90 Å². The highest BCUT2D eigenvalue weighted by molar-refractivity contribution is 8.13. The van der Waals surface area contributed by atoms with Gasteiger partial charge in [-0.25, -0.2) is 4.99 Å². The number of rotatable bonds is 4. The average molecular weight is 393 g/mol. The molecule has 0 aromatic carbocycles. The molecule has 1 saturated carbocycles. The van der Waals surface area contributed by atoms with Gasteiger partial charge in [0.25, 0.3) is 5.23 Å². The fourth-order valence-electron chi connectivity index (χ4n) is 3.57. The number of thioether (sulfide) groups is 1. The highest BCUT2D eigenvalue weighted by atomic mass is 32.2. The van der Waals surface area contributed by atoms with E-state index in [0.717, 1.165) is 38.4 Å². The lowest BCUT2D eigenvalue weighted by Gasteiger charge is -2.27. The van der Waals surface area contributed by atoms with E-state index >= 15 is 0 Å². The van der Waals surface area contributed by atoms with Crippen LogP contribution < -0.4 is 0 Å². The van der Waals surface area contributed by atoms with E-state index in [1.165, 1.54) is 50.3 Å². The van der Waals surface area contributed by atoms with Gasteiger partial charge in [-0.05, 0) is 51.2 Å². The quantitative estimate of drug-likeness (QED) is 0.620. The van der Waals surface area contributed by atoms with Crippen LogP contribution in [-0.4, -0.2) is 48.3 Å². The van der Waals surface area contributed by atoms with Gasteiger partial charge in [0.15, 0.2) is 6.61 Å². The molecule has 26 heavy (non-hydrogen) atoms. The molecule has 0 amide bonds. The number of alkyl halides is 3. The zero-order chi connectivity index (χ0) is 18.8. The van der Waals surface area contributed by atoms with Gasteiger partial charge in [0.05, 0.1) is 0 Å². The van der Waals surface area contributed by atoms with Gasteiger partial charge in [-0.15, -0.1) is 0 Å². The third-order valence-electron chi connectivity index (χ3n) is 4.97. The third-order valence-corrected chi connectivity index (χ3v) is 5.92. The lowest BCUT2D eigenvalue weighted by atomic mass is 9.87. The molecule has 1 aliphatic carbocycles. The van der Waals surface area contributed by atoms with E-state index in [-0.39, 0.29) is 5.23 Å². The molecular formula is C19H31F3N2OS. The van der Waals surface area contributed by atoms with E-state index in [4.69, 9.17) is 4.74 Å². The number of hydrogen-bond donors (Lipinski definition) is 0. The fourth-order valence-corrected chi connectivity index (χ4v) is 4.35. The Balaban J connectivity index is 1.79. The number of aliphatic imine (C=N–C) groups is 1. The summed E-state index contributed by atoms with van der Waals surface area (Å²) in [5.74, 6) is 1.58. The molecule has 0 bridgehead atoms. The second-order valence-electron chi connectivity index (χ2n) is 7.29. The van der Waals surface area contributed by atoms with Crippen LogP contribution in [0.1, 0.15) is 57.8 Å². The van der Waals surface area contributed by atoms with E-state index in [1.54, 1.807) is 0 Å². The van der Waals surface area contributed by atoms with Gasteiger partial charge in [-0.1, -0.05) is 50.4 Å². The molecule has 0 aromatic heterocycles. The molecule has 1 heterocycles. The largest absolute Gasteiger partial charge is 0.463 e. The predicted molar refractivity (Wildman–Crippen MR) is 103 cm³/mol. The van der Waals surface area contributed by atoms with Crippen molar-refractivity contribution < 1.29 is 17.9 Å². The van der Waals surface area contributed by atoms with Crippen molar-refractivity contribution in [2.45, 2.75) is 64.0 Å². The number of hydrogen-bond acceptors (Lipinski definition) is 4. The van der Waals surface area contributed by atoms with Crippen molar-refractivity contribution in [3.8, 4) is 0 Å². The Bertz CT molecular complexity index is 462. The van der Waals surface area contributed by atoms with Crippen molar-refractivity contribution in [1.29, 1.82) is 0 Å². The van der Waals surface area contributed by atoms with Crippen molar-refractivity contribution in [2.24, 2.45) is 10.9 Å². The highest BCUT2D eigenvalue weighted by Gasteiger charge is 2.29. The minimum Gasteiger partial charge on any atom is -0.463 e. The first-order chi connectivity index (χ1) is 12.4. The first-order valence-electron chi connectivity index (χ1n) is 9.73. The minimum atomic E-state index is -4.34. The number of ether oxygens (including phenoxy) is 1. The van der Waals surface area contributed by atoms with Crippen molar-refractivity contribution in [2.75, 3.05) is 32.0 Å². The molecule has 7 heteroatoms. The summed E-state index contributed by atoms with van der Waals surface area (Å²) in [6.45, 7) is 5.70. The smallest absolute Gasteiger partial charge is 0.422 e. The fraction of sp³-hybridized carbons (Fsp3) is 0.842. The van der Waals surface area contributed by atoms with Crippen LogP contribution in [-0.2, 0) is 4.74 Å². The van der Waals surface area contributed by atoms with Crippen LogP contribution in [0.3, 0.4) is 0 Å². The predicted octanol–water partition coefficient (Wildman–Crippen LogP) is 5.62. The van der Waals surface area contributed by atoms with Gasteiger partial charge < -0.3 is 9.64 Å². The number of nitrogens with zero attached hydrogens (tertiary/aromatic N) is 2. The summed E-state index contributed by atoms with van der Waals surface area (Å²) in [6, 6.07) is 0. The molecule has 0 spiro atoms. The molecule has 150 valence electrons. The van der Waals surface area contributed by atoms with E-state index in [0.29, 0.717) is 17.9 Å². The van der Waals surface area contributed by atoms with Crippen LogP contribution in [0, 0.1) is 5.92 Å². The molecule has 3 nitrogen and oxygen atoms in total. The lowest BCUT2D eigenvalue weighted by Crippen LogP contribution is -2.29. The van der Waals surface area contributed by atoms with E-state index in [1.807, 2.05) is 0 Å². The molecule has 1 fully saturated rings. The maximum absolute atomic E-state index is 12.4. The van der Waals surface area contributed by atoms with Gasteiger partial charge in [0.1, 0.15) is 0 Å². The summed E-state index contributed by atoms with van der Waals surface area (Å²) < 4.78 is 42.0. The summed E-state index contributed by atoms with van der Waals surface area (Å²) >= 11 is 1.26. The summed E-state index contributed by atoms with van der Waals surface area (Å²) in [5, 5.41) is 0.1000. The van der Waals surface area contributed by atoms with Crippen molar-refractivity contribution in [3.05, 3.63) is 12.3 Å². The van der Waals surface area contributed by atoms with Gasteiger partial charge in [0.2, 0.25) is 0 Å². The van der Waals surface area contributed by atoms with Crippen LogP contribution in [0.15, 0.2) is 17.3 Å². The lowest BCUT2D eigenvalue weighted by molar-refractivity contribution is -0.155. The second kappa shape index (κ2) is 11.2. The molecule has 2 aliphatic rings. The summed E-state index contributed by atoms with van der Waals surface area (Å²) in [5.41, 5.74) is 0.601. The Morgan fingerprint density at radius 2 is 1.85 bits per heavy atom. The van der Waals surface area contributed by atoms with E-state index < -0.39 is 12.8 Å². The van der Waals surface area contributed by atoms with Gasteiger partial charge in [0, 0.05) is 11.4 Å². The van der Waals surface area contributed by atoms with Gasteiger partial charge >= 0.3 is 6.18 Å². The third kappa shape index (κ3) is 9.31. The molecule has 0 saturated heterocycles. The van der Waals surface area contributed by atoms with Gasteiger partial charge in [-0.3, -0.25) is 0 Å². The molecule has 0 N–H and O–H groups in total. The average Bonchev–Trinajstić information content (AvgIpc) is 2.63. The second-order valence-corrected chi connectivity index (χ2v) is 8.33. The first-order valence-corrected chi connectivity index (χ1v) is 10.7. The highest BCUT2D eigenvalue weighted by Crippen LogP contribution is 2.27. The van der Waals surface area contributed by atoms with E-state index in [2.05, 4.69) is 16.5 Å². The van der Waals surface area contributed by atoms with Crippen LogP contribution in [0.2, 0.25) is 0 Å². The summed E-state index contributed by atoms with van der Waals surface area (Å²) in [6.07, 6.45) is 6.36. The molecule has 0 aromatic rings. The Kier molecular flexibility index (Phi) is 9.33. The summed E-state index contributed by atoms with van der Waals surface area (Å²) in [4.78, 5) is 6.68. The SMILES string of the molecule is C=C1CCCN(CCC2CCCCC2)CCCS/C(OCC(F)(F)F)=N\1. The van der Waals surface area contributed by atoms with Crippen molar-refractivity contribution >= 4 is 17.0 Å². The van der Waals surface area contributed by atoms with Crippen molar-refractivity contribution in [3.63, 3.8) is 0 Å². The van der Waals surface area contributed by atoms with Crippen LogP contribution in [0.4, 0.5) is 13.2 Å². The topological polar surface area (TPSA) is 24.8 Å². The number of allylic oxidation sites excluding steroid dienone is 1. The standard InChI is InChI=1S/C19H31F3N2OS/c1-16-7-5-11-24(13-10-17-8-3-2-4-9-17)12-6-14-26-18(23-16)25-15-19(20,21)22/h17H,1-15H2/b23-18-. The monoisotopic (exact) mass is 392 g/mol. The minimum absolute atomic E-state index is 0.1000. The Hall–Kier alpha value is -0.690. The molecular weight excluding hydrogens is 361 g/mol. The number of halogens is 3. The maximum Gasteiger partial charge on any atom is 0.422 e. The van der Waals surface area contributed by atoms with Gasteiger partial charge in [-0.2, -0.15) is 13.2 Å². The normalized spacial score (nSPS) is 24.6. The molecule has 0 radical (unpaired) electrons.